The van der Waals surface area contributed by atoms with E-state index >= 15 is 0 Å². The molecule has 0 spiro atoms. The Labute approximate surface area is 134 Å². The minimum absolute atomic E-state index is 0.0736. The number of aromatic nitrogens is 2. The van der Waals surface area contributed by atoms with Gasteiger partial charge < -0.3 is 9.73 Å². The number of nitrogens with one attached hydrogen (secondary N) is 1. The summed E-state index contributed by atoms with van der Waals surface area (Å²) >= 11 is 0. The summed E-state index contributed by atoms with van der Waals surface area (Å²) < 4.78 is 6.72. The van der Waals surface area contributed by atoms with Crippen molar-refractivity contribution < 1.29 is 9.21 Å². The molecule has 2 heterocycles. The Kier molecular flexibility index (Phi) is 5.70. The number of aryl methyl sites for hydroxylation is 1. The Bertz CT molecular complexity index is 692. The number of carbonyl (C=O) groups is 1. The molecule has 1 atom stereocenters. The summed E-state index contributed by atoms with van der Waals surface area (Å²) in [6.45, 7) is 2.83. The van der Waals surface area contributed by atoms with Crippen LogP contribution < -0.4 is 10.9 Å². The topological polar surface area (TPSA) is 80.4 Å². The number of carbonyl (C=O) groups excluding carboxylic acids is 1. The summed E-state index contributed by atoms with van der Waals surface area (Å²) in [5.41, 5.74) is 0.0279. The molecule has 2 aromatic rings. The highest BCUT2D eigenvalue weighted by Crippen LogP contribution is 2.17. The minimum atomic E-state index is -0.312. The molecule has 2 rings (SSSR count). The zero-order chi connectivity index (χ0) is 16.8. The van der Waals surface area contributed by atoms with Crippen LogP contribution in [0.3, 0.4) is 0 Å². The van der Waals surface area contributed by atoms with Crippen LogP contribution in [0.5, 0.6) is 0 Å². The van der Waals surface area contributed by atoms with Gasteiger partial charge in [0.2, 0.25) is 0 Å². The van der Waals surface area contributed by atoms with Gasteiger partial charge in [0.25, 0.3) is 11.5 Å². The molecule has 0 fully saturated rings. The first-order valence-electron chi connectivity index (χ1n) is 7.59. The fourth-order valence-electron chi connectivity index (χ4n) is 2.24. The zero-order valence-corrected chi connectivity index (χ0v) is 13.7. The maximum absolute atomic E-state index is 12.3. The molecule has 0 saturated heterocycles. The van der Waals surface area contributed by atoms with Crippen LogP contribution in [0, 0.1) is 0 Å². The first-order valence-corrected chi connectivity index (χ1v) is 7.59. The molecule has 0 unspecified atom stereocenters. The largest absolute Gasteiger partial charge is 0.468 e. The standard InChI is InChI=1S/C16H22N4O3/c1-4-9-20-15(21)8-7-12(18-20)16(22)17-11-13(19(2)3)14-6-5-10-23-14/h5-8,10,13H,4,9,11H2,1-3H3,(H,17,22)/t13-/m1/s1. The van der Waals surface area contributed by atoms with Crippen LogP contribution in [0.15, 0.2) is 39.7 Å². The van der Waals surface area contributed by atoms with Gasteiger partial charge in [0.15, 0.2) is 0 Å². The third-order valence-electron chi connectivity index (χ3n) is 3.49. The van der Waals surface area contributed by atoms with E-state index in [2.05, 4.69) is 10.4 Å². The third-order valence-corrected chi connectivity index (χ3v) is 3.49. The van der Waals surface area contributed by atoms with Gasteiger partial charge in [-0.25, -0.2) is 4.68 Å². The highest BCUT2D eigenvalue weighted by Gasteiger charge is 2.19. The van der Waals surface area contributed by atoms with Crippen molar-refractivity contribution in [1.82, 2.24) is 20.0 Å². The van der Waals surface area contributed by atoms with Gasteiger partial charge in [-0.1, -0.05) is 6.92 Å². The van der Waals surface area contributed by atoms with E-state index in [4.69, 9.17) is 4.42 Å². The Morgan fingerprint density at radius 2 is 2.17 bits per heavy atom. The second-order valence-electron chi connectivity index (χ2n) is 5.48. The maximum atomic E-state index is 12.3. The van der Waals surface area contributed by atoms with Crippen molar-refractivity contribution in [1.29, 1.82) is 0 Å². The van der Waals surface area contributed by atoms with E-state index in [0.29, 0.717) is 13.1 Å². The van der Waals surface area contributed by atoms with Gasteiger partial charge in [-0.2, -0.15) is 5.10 Å². The summed E-state index contributed by atoms with van der Waals surface area (Å²) in [6, 6.07) is 6.43. The van der Waals surface area contributed by atoms with Crippen LogP contribution in [0.1, 0.15) is 35.6 Å². The molecular formula is C16H22N4O3. The average Bonchev–Trinajstić information content (AvgIpc) is 3.03. The Balaban J connectivity index is 2.06. The fourth-order valence-corrected chi connectivity index (χ4v) is 2.24. The van der Waals surface area contributed by atoms with Gasteiger partial charge in [-0.15, -0.1) is 0 Å². The number of hydrogen-bond acceptors (Lipinski definition) is 5. The van der Waals surface area contributed by atoms with Crippen molar-refractivity contribution in [3.05, 3.63) is 52.3 Å². The Hall–Kier alpha value is -2.41. The molecule has 7 nitrogen and oxygen atoms in total. The van der Waals surface area contributed by atoms with Gasteiger partial charge in [0, 0.05) is 19.2 Å². The number of furan rings is 1. The number of nitrogens with zero attached hydrogens (tertiary/aromatic N) is 3. The van der Waals surface area contributed by atoms with E-state index < -0.39 is 0 Å². The molecule has 0 aliphatic heterocycles. The van der Waals surface area contributed by atoms with E-state index in [0.717, 1.165) is 12.2 Å². The fraction of sp³-hybridized carbons (Fsp3) is 0.438. The highest BCUT2D eigenvalue weighted by molar-refractivity contribution is 5.92. The number of likely N-dealkylation sites (N-methyl/N-ethyl adjacent to an activating group) is 1. The number of amides is 1. The maximum Gasteiger partial charge on any atom is 0.271 e. The molecule has 0 bridgehead atoms. The quantitative estimate of drug-likeness (QED) is 0.832. The first-order chi connectivity index (χ1) is 11.0. The van der Waals surface area contributed by atoms with Crippen molar-refractivity contribution in [2.24, 2.45) is 0 Å². The minimum Gasteiger partial charge on any atom is -0.468 e. The van der Waals surface area contributed by atoms with Gasteiger partial charge in [-0.05, 0) is 38.7 Å². The van der Waals surface area contributed by atoms with Crippen LogP contribution in [0.2, 0.25) is 0 Å². The van der Waals surface area contributed by atoms with Crippen LogP contribution in [0.25, 0.3) is 0 Å². The number of hydrogen-bond donors (Lipinski definition) is 1. The Morgan fingerprint density at radius 3 is 2.78 bits per heavy atom. The molecule has 0 saturated carbocycles. The van der Waals surface area contributed by atoms with Crippen molar-refractivity contribution in [2.45, 2.75) is 25.9 Å². The average molecular weight is 318 g/mol. The molecular weight excluding hydrogens is 296 g/mol. The SMILES string of the molecule is CCCn1nc(C(=O)NC[C@H](c2ccco2)N(C)C)ccc1=O. The van der Waals surface area contributed by atoms with Crippen LogP contribution in [0.4, 0.5) is 0 Å². The van der Waals surface area contributed by atoms with Crippen molar-refractivity contribution >= 4 is 5.91 Å². The summed E-state index contributed by atoms with van der Waals surface area (Å²) in [7, 11) is 3.83. The van der Waals surface area contributed by atoms with Gasteiger partial charge in [0.1, 0.15) is 11.5 Å². The van der Waals surface area contributed by atoms with Gasteiger partial charge >= 0.3 is 0 Å². The molecule has 0 aromatic carbocycles. The van der Waals surface area contributed by atoms with Gasteiger partial charge in [-0.3, -0.25) is 14.5 Å². The van der Waals surface area contributed by atoms with E-state index in [1.807, 2.05) is 38.1 Å². The molecule has 7 heteroatoms. The summed E-state index contributed by atoms with van der Waals surface area (Å²) in [6.07, 6.45) is 2.38. The molecule has 1 amide bonds. The first kappa shape index (κ1) is 17.0. The summed E-state index contributed by atoms with van der Waals surface area (Å²) in [4.78, 5) is 25.9. The molecule has 1 N–H and O–H groups in total. The monoisotopic (exact) mass is 318 g/mol. The molecule has 124 valence electrons. The molecule has 0 aliphatic rings. The van der Waals surface area contributed by atoms with E-state index in [1.54, 1.807) is 6.26 Å². The van der Waals surface area contributed by atoms with E-state index in [9.17, 15) is 9.59 Å². The Morgan fingerprint density at radius 1 is 1.39 bits per heavy atom. The van der Waals surface area contributed by atoms with Crippen molar-refractivity contribution in [3.63, 3.8) is 0 Å². The molecule has 2 aromatic heterocycles. The van der Waals surface area contributed by atoms with Crippen molar-refractivity contribution in [2.75, 3.05) is 20.6 Å². The van der Waals surface area contributed by atoms with Gasteiger partial charge in [0.05, 0.1) is 12.3 Å². The predicted molar refractivity (Wildman–Crippen MR) is 86.3 cm³/mol. The second-order valence-corrected chi connectivity index (χ2v) is 5.48. The second kappa shape index (κ2) is 7.73. The smallest absolute Gasteiger partial charge is 0.271 e. The lowest BCUT2D eigenvalue weighted by molar-refractivity contribution is 0.0931. The number of rotatable bonds is 7. The lowest BCUT2D eigenvalue weighted by Gasteiger charge is -2.22. The molecule has 0 aliphatic carbocycles. The predicted octanol–water partition coefficient (Wildman–Crippen LogP) is 1.28. The highest BCUT2D eigenvalue weighted by atomic mass is 16.3. The summed E-state index contributed by atoms with van der Waals surface area (Å²) in [5.74, 6) is 0.465. The van der Waals surface area contributed by atoms with Crippen LogP contribution >= 0.6 is 0 Å². The lowest BCUT2D eigenvalue weighted by Crippen LogP contribution is -2.35. The van der Waals surface area contributed by atoms with E-state index in [1.165, 1.54) is 16.8 Å². The van der Waals surface area contributed by atoms with Crippen molar-refractivity contribution in [3.8, 4) is 0 Å². The summed E-state index contributed by atoms with van der Waals surface area (Å²) in [5, 5.41) is 6.94. The van der Waals surface area contributed by atoms with E-state index in [-0.39, 0.29) is 23.2 Å². The van der Waals surface area contributed by atoms with Crippen LogP contribution in [-0.4, -0.2) is 41.2 Å². The van der Waals surface area contributed by atoms with Crippen LogP contribution in [-0.2, 0) is 6.54 Å². The molecule has 23 heavy (non-hydrogen) atoms. The zero-order valence-electron chi connectivity index (χ0n) is 13.7. The normalized spacial score (nSPS) is 12.3. The lowest BCUT2D eigenvalue weighted by atomic mass is 10.2. The molecule has 0 radical (unpaired) electrons. The third kappa shape index (κ3) is 4.29.